The van der Waals surface area contributed by atoms with E-state index in [0.29, 0.717) is 6.54 Å². The van der Waals surface area contributed by atoms with E-state index >= 15 is 0 Å². The van der Waals surface area contributed by atoms with Gasteiger partial charge >= 0.3 is 0 Å². The summed E-state index contributed by atoms with van der Waals surface area (Å²) in [6, 6.07) is 12.1. The van der Waals surface area contributed by atoms with Crippen molar-refractivity contribution in [3.8, 4) is 11.1 Å². The SMILES string of the molecule is Cn1cc(-c2ccc(CCNC(=O)c3cccs3)cc2)cn1. The van der Waals surface area contributed by atoms with E-state index in [1.54, 1.807) is 4.68 Å². The van der Waals surface area contributed by atoms with E-state index in [0.717, 1.165) is 22.4 Å². The lowest BCUT2D eigenvalue weighted by Crippen LogP contribution is -2.24. The maximum absolute atomic E-state index is 11.8. The van der Waals surface area contributed by atoms with Crippen LogP contribution in [0.4, 0.5) is 0 Å². The van der Waals surface area contributed by atoms with Crippen molar-refractivity contribution < 1.29 is 4.79 Å². The van der Waals surface area contributed by atoms with Gasteiger partial charge in [0.2, 0.25) is 0 Å². The maximum atomic E-state index is 11.8. The molecular formula is C17H17N3OS. The molecule has 0 aliphatic rings. The maximum Gasteiger partial charge on any atom is 0.261 e. The number of thiophene rings is 1. The van der Waals surface area contributed by atoms with Gasteiger partial charge in [0.1, 0.15) is 0 Å². The number of nitrogens with one attached hydrogen (secondary N) is 1. The first-order valence-electron chi connectivity index (χ1n) is 7.12. The molecule has 112 valence electrons. The fourth-order valence-corrected chi connectivity index (χ4v) is 2.89. The van der Waals surface area contributed by atoms with Crippen LogP contribution in [0.2, 0.25) is 0 Å². The molecule has 3 aromatic rings. The fourth-order valence-electron chi connectivity index (χ4n) is 2.25. The topological polar surface area (TPSA) is 46.9 Å². The minimum atomic E-state index is 0.00183. The van der Waals surface area contributed by atoms with Crippen LogP contribution in [0.3, 0.4) is 0 Å². The van der Waals surface area contributed by atoms with Gasteiger partial charge in [-0.25, -0.2) is 0 Å². The van der Waals surface area contributed by atoms with Crippen LogP contribution in [0.1, 0.15) is 15.2 Å². The van der Waals surface area contributed by atoms with Gasteiger partial charge < -0.3 is 5.32 Å². The molecule has 1 amide bonds. The van der Waals surface area contributed by atoms with Gasteiger partial charge in [-0.15, -0.1) is 11.3 Å². The van der Waals surface area contributed by atoms with Crippen LogP contribution in [0.15, 0.2) is 54.2 Å². The molecule has 3 rings (SSSR count). The Kier molecular flexibility index (Phi) is 4.34. The van der Waals surface area contributed by atoms with E-state index in [9.17, 15) is 4.79 Å². The third kappa shape index (κ3) is 3.43. The Bertz CT molecular complexity index is 745. The lowest BCUT2D eigenvalue weighted by atomic mass is 10.1. The summed E-state index contributed by atoms with van der Waals surface area (Å²) in [6.45, 7) is 0.642. The van der Waals surface area contributed by atoms with Gasteiger partial charge in [-0.1, -0.05) is 30.3 Å². The van der Waals surface area contributed by atoms with Crippen LogP contribution in [0, 0.1) is 0 Å². The lowest BCUT2D eigenvalue weighted by molar-refractivity contribution is 0.0958. The first-order valence-corrected chi connectivity index (χ1v) is 8.00. The molecule has 4 nitrogen and oxygen atoms in total. The van der Waals surface area contributed by atoms with Gasteiger partial charge in [-0.2, -0.15) is 5.10 Å². The summed E-state index contributed by atoms with van der Waals surface area (Å²) in [5.41, 5.74) is 3.47. The van der Waals surface area contributed by atoms with Crippen LogP contribution in [-0.2, 0) is 13.5 Å². The van der Waals surface area contributed by atoms with Crippen molar-refractivity contribution in [2.75, 3.05) is 6.54 Å². The highest BCUT2D eigenvalue weighted by atomic mass is 32.1. The van der Waals surface area contributed by atoms with E-state index < -0.39 is 0 Å². The number of aromatic nitrogens is 2. The average Bonchev–Trinajstić information content (AvgIpc) is 3.19. The molecule has 22 heavy (non-hydrogen) atoms. The molecule has 0 bridgehead atoms. The average molecular weight is 311 g/mol. The number of carbonyl (C=O) groups is 1. The van der Waals surface area contributed by atoms with Crippen molar-refractivity contribution >= 4 is 17.2 Å². The van der Waals surface area contributed by atoms with E-state index in [1.807, 2.05) is 37.0 Å². The van der Waals surface area contributed by atoms with E-state index in [2.05, 4.69) is 34.7 Å². The number of hydrogen-bond donors (Lipinski definition) is 1. The molecule has 0 aliphatic heterocycles. The third-order valence-electron chi connectivity index (χ3n) is 3.44. The number of aryl methyl sites for hydroxylation is 1. The lowest BCUT2D eigenvalue weighted by Gasteiger charge is -2.05. The zero-order valence-corrected chi connectivity index (χ0v) is 13.1. The van der Waals surface area contributed by atoms with Crippen molar-refractivity contribution in [2.45, 2.75) is 6.42 Å². The van der Waals surface area contributed by atoms with Crippen molar-refractivity contribution in [3.05, 3.63) is 64.6 Å². The molecule has 1 N–H and O–H groups in total. The van der Waals surface area contributed by atoms with Gasteiger partial charge in [0.15, 0.2) is 0 Å². The van der Waals surface area contributed by atoms with Gasteiger partial charge in [0, 0.05) is 25.4 Å². The summed E-state index contributed by atoms with van der Waals surface area (Å²) >= 11 is 1.46. The highest BCUT2D eigenvalue weighted by Crippen LogP contribution is 2.18. The number of amides is 1. The van der Waals surface area contributed by atoms with Gasteiger partial charge in [-0.3, -0.25) is 9.48 Å². The summed E-state index contributed by atoms with van der Waals surface area (Å²) < 4.78 is 1.79. The Morgan fingerprint density at radius 2 is 2.05 bits per heavy atom. The predicted molar refractivity (Wildman–Crippen MR) is 89.0 cm³/mol. The number of benzene rings is 1. The number of carbonyl (C=O) groups excluding carboxylic acids is 1. The second kappa shape index (κ2) is 6.58. The second-order valence-corrected chi connectivity index (χ2v) is 6.03. The zero-order valence-electron chi connectivity index (χ0n) is 12.3. The molecule has 1 aromatic carbocycles. The highest BCUT2D eigenvalue weighted by Gasteiger charge is 2.05. The molecular weight excluding hydrogens is 294 g/mol. The molecule has 2 aromatic heterocycles. The molecule has 0 aliphatic carbocycles. The smallest absolute Gasteiger partial charge is 0.261 e. The van der Waals surface area contributed by atoms with Crippen LogP contribution >= 0.6 is 11.3 Å². The predicted octanol–water partition coefficient (Wildman–Crippen LogP) is 3.12. The summed E-state index contributed by atoms with van der Waals surface area (Å²) in [5.74, 6) is 0.00183. The minimum absolute atomic E-state index is 0.00183. The third-order valence-corrected chi connectivity index (χ3v) is 4.30. The van der Waals surface area contributed by atoms with Crippen molar-refractivity contribution in [1.82, 2.24) is 15.1 Å². The van der Waals surface area contributed by atoms with E-state index in [1.165, 1.54) is 16.9 Å². The molecule has 2 heterocycles. The van der Waals surface area contributed by atoms with Crippen LogP contribution in [0.25, 0.3) is 11.1 Å². The molecule has 0 atom stereocenters. The Morgan fingerprint density at radius 3 is 2.68 bits per heavy atom. The Morgan fingerprint density at radius 1 is 1.23 bits per heavy atom. The summed E-state index contributed by atoms with van der Waals surface area (Å²) in [7, 11) is 1.91. The number of hydrogen-bond acceptors (Lipinski definition) is 3. The van der Waals surface area contributed by atoms with Crippen LogP contribution < -0.4 is 5.32 Å². The Labute approximate surface area is 133 Å². The first-order chi connectivity index (χ1) is 10.7. The second-order valence-electron chi connectivity index (χ2n) is 5.08. The molecule has 5 heteroatoms. The van der Waals surface area contributed by atoms with Crippen molar-refractivity contribution in [2.24, 2.45) is 7.05 Å². The van der Waals surface area contributed by atoms with Gasteiger partial charge in [0.05, 0.1) is 11.1 Å². The summed E-state index contributed by atoms with van der Waals surface area (Å²) in [6.07, 6.45) is 4.68. The van der Waals surface area contributed by atoms with Crippen molar-refractivity contribution in [1.29, 1.82) is 0 Å². The summed E-state index contributed by atoms with van der Waals surface area (Å²) in [5, 5.41) is 9.03. The van der Waals surface area contributed by atoms with Gasteiger partial charge in [0.25, 0.3) is 5.91 Å². The molecule has 0 fully saturated rings. The van der Waals surface area contributed by atoms with E-state index in [4.69, 9.17) is 0 Å². The van der Waals surface area contributed by atoms with Crippen LogP contribution in [0.5, 0.6) is 0 Å². The van der Waals surface area contributed by atoms with Crippen LogP contribution in [-0.4, -0.2) is 22.2 Å². The highest BCUT2D eigenvalue weighted by molar-refractivity contribution is 7.12. The number of rotatable bonds is 5. The largest absolute Gasteiger partial charge is 0.351 e. The normalized spacial score (nSPS) is 10.6. The monoisotopic (exact) mass is 311 g/mol. The first kappa shape index (κ1) is 14.5. The molecule has 0 radical (unpaired) electrons. The summed E-state index contributed by atoms with van der Waals surface area (Å²) in [4.78, 5) is 12.6. The van der Waals surface area contributed by atoms with Crippen molar-refractivity contribution in [3.63, 3.8) is 0 Å². The quantitative estimate of drug-likeness (QED) is 0.787. The molecule has 0 saturated carbocycles. The van der Waals surface area contributed by atoms with Gasteiger partial charge in [-0.05, 0) is 29.0 Å². The molecule has 0 spiro atoms. The zero-order chi connectivity index (χ0) is 15.4. The minimum Gasteiger partial charge on any atom is -0.351 e. The Balaban J connectivity index is 1.54. The van der Waals surface area contributed by atoms with E-state index in [-0.39, 0.29) is 5.91 Å². The Hall–Kier alpha value is -2.40. The fraction of sp³-hybridized carbons (Fsp3) is 0.176. The standard InChI is InChI=1S/C17H17N3OS/c1-20-12-15(11-19-20)14-6-4-13(5-7-14)8-9-18-17(21)16-3-2-10-22-16/h2-7,10-12H,8-9H2,1H3,(H,18,21). The molecule has 0 unspecified atom stereocenters. The number of nitrogens with zero attached hydrogens (tertiary/aromatic N) is 2. The molecule has 0 saturated heterocycles.